The van der Waals surface area contributed by atoms with E-state index in [2.05, 4.69) is 31.3 Å². The van der Waals surface area contributed by atoms with Crippen molar-refractivity contribution >= 4 is 12.0 Å². The van der Waals surface area contributed by atoms with Crippen molar-refractivity contribution in [1.82, 2.24) is 19.9 Å². The second-order valence-corrected chi connectivity index (χ2v) is 6.25. The van der Waals surface area contributed by atoms with E-state index in [9.17, 15) is 5.11 Å². The third kappa shape index (κ3) is 4.76. The van der Waals surface area contributed by atoms with Crippen LogP contribution in [0.15, 0.2) is 37.2 Å². The third-order valence-corrected chi connectivity index (χ3v) is 4.52. The highest BCUT2D eigenvalue weighted by molar-refractivity contribution is 5.50. The van der Waals surface area contributed by atoms with Gasteiger partial charge >= 0.3 is 0 Å². The summed E-state index contributed by atoms with van der Waals surface area (Å²) in [6, 6.07) is 5.44. The zero-order valence-corrected chi connectivity index (χ0v) is 14.5. The predicted molar refractivity (Wildman–Crippen MR) is 99.6 cm³/mol. The van der Waals surface area contributed by atoms with Crippen LogP contribution in [-0.4, -0.2) is 57.7 Å². The summed E-state index contributed by atoms with van der Waals surface area (Å²) in [6.07, 6.45) is 8.35. The minimum Gasteiger partial charge on any atom is -0.506 e. The molecule has 0 atom stereocenters. The van der Waals surface area contributed by atoms with E-state index in [1.54, 1.807) is 24.5 Å². The lowest BCUT2D eigenvalue weighted by atomic mass is 10.1. The number of hydrogen-bond acceptors (Lipinski definition) is 6. The van der Waals surface area contributed by atoms with Gasteiger partial charge in [0.2, 0.25) is 5.95 Å². The minimum absolute atomic E-state index is 0.194. The Morgan fingerprint density at radius 3 is 2.56 bits per heavy atom. The van der Waals surface area contributed by atoms with E-state index < -0.39 is 0 Å². The molecule has 6 heteroatoms. The molecule has 132 valence electrons. The Morgan fingerprint density at radius 2 is 1.84 bits per heavy atom. The highest BCUT2D eigenvalue weighted by atomic mass is 16.3. The largest absolute Gasteiger partial charge is 0.506 e. The summed E-state index contributed by atoms with van der Waals surface area (Å²) in [6.45, 7) is 8.84. The van der Waals surface area contributed by atoms with Crippen molar-refractivity contribution in [3.63, 3.8) is 0 Å². The van der Waals surface area contributed by atoms with E-state index in [1.165, 1.54) is 0 Å². The number of anilines is 1. The lowest BCUT2D eigenvalue weighted by Crippen LogP contribution is -2.47. The van der Waals surface area contributed by atoms with Crippen LogP contribution in [-0.2, 0) is 6.42 Å². The van der Waals surface area contributed by atoms with Crippen LogP contribution < -0.4 is 4.90 Å². The van der Waals surface area contributed by atoms with Gasteiger partial charge in [0, 0.05) is 44.3 Å². The van der Waals surface area contributed by atoms with Gasteiger partial charge in [-0.1, -0.05) is 6.58 Å². The second-order valence-electron chi connectivity index (χ2n) is 6.25. The molecular weight excluding hydrogens is 314 g/mol. The SMILES string of the molecule is C=Cc1nc(CCCCN2CCN(c3ncccn3)CC2)ccc1O. The maximum atomic E-state index is 9.63. The number of aromatic hydroxyl groups is 1. The zero-order chi connectivity index (χ0) is 17.5. The molecule has 25 heavy (non-hydrogen) atoms. The molecule has 0 bridgehead atoms. The van der Waals surface area contributed by atoms with Crippen molar-refractivity contribution in [3.8, 4) is 5.75 Å². The summed E-state index contributed by atoms with van der Waals surface area (Å²) in [5.41, 5.74) is 1.58. The summed E-state index contributed by atoms with van der Waals surface area (Å²) in [5.74, 6) is 1.03. The van der Waals surface area contributed by atoms with Crippen molar-refractivity contribution in [1.29, 1.82) is 0 Å². The maximum Gasteiger partial charge on any atom is 0.225 e. The Balaban J connectivity index is 1.37. The van der Waals surface area contributed by atoms with Gasteiger partial charge in [-0.05, 0) is 50.1 Å². The van der Waals surface area contributed by atoms with Crippen LogP contribution in [0.5, 0.6) is 5.75 Å². The summed E-state index contributed by atoms with van der Waals surface area (Å²) < 4.78 is 0. The monoisotopic (exact) mass is 339 g/mol. The Labute approximate surface area is 148 Å². The molecule has 0 spiro atoms. The smallest absolute Gasteiger partial charge is 0.225 e. The summed E-state index contributed by atoms with van der Waals surface area (Å²) in [5, 5.41) is 9.63. The van der Waals surface area contributed by atoms with Gasteiger partial charge in [-0.3, -0.25) is 4.90 Å². The summed E-state index contributed by atoms with van der Waals surface area (Å²) in [7, 11) is 0. The number of nitrogens with zero attached hydrogens (tertiary/aromatic N) is 5. The first-order valence-corrected chi connectivity index (χ1v) is 8.82. The van der Waals surface area contributed by atoms with Crippen molar-refractivity contribution < 1.29 is 5.11 Å². The highest BCUT2D eigenvalue weighted by Gasteiger charge is 2.18. The van der Waals surface area contributed by atoms with Crippen molar-refractivity contribution in [2.75, 3.05) is 37.6 Å². The van der Waals surface area contributed by atoms with Gasteiger partial charge < -0.3 is 10.0 Å². The predicted octanol–water partition coefficient (Wildman–Crippen LogP) is 2.37. The molecule has 0 unspecified atom stereocenters. The number of aryl methyl sites for hydroxylation is 1. The first-order valence-electron chi connectivity index (χ1n) is 8.82. The summed E-state index contributed by atoms with van der Waals surface area (Å²) in [4.78, 5) is 17.8. The third-order valence-electron chi connectivity index (χ3n) is 4.52. The van der Waals surface area contributed by atoms with E-state index >= 15 is 0 Å². The molecule has 1 saturated heterocycles. The molecular formula is C19H25N5O. The molecule has 1 aliphatic rings. The molecule has 1 fully saturated rings. The first-order chi connectivity index (χ1) is 12.3. The molecule has 3 rings (SSSR count). The van der Waals surface area contributed by atoms with Crippen LogP contribution in [0, 0.1) is 0 Å². The van der Waals surface area contributed by atoms with Gasteiger partial charge in [0.25, 0.3) is 0 Å². The number of unbranched alkanes of at least 4 members (excludes halogenated alkanes) is 1. The normalized spacial score (nSPS) is 15.3. The Hall–Kier alpha value is -2.47. The molecule has 1 N–H and O–H groups in total. The van der Waals surface area contributed by atoms with Gasteiger partial charge in [0.1, 0.15) is 11.4 Å². The summed E-state index contributed by atoms with van der Waals surface area (Å²) >= 11 is 0. The number of piperazine rings is 1. The second kappa shape index (κ2) is 8.58. The van der Waals surface area contributed by atoms with E-state index in [1.807, 2.05) is 12.1 Å². The van der Waals surface area contributed by atoms with E-state index in [0.717, 1.165) is 63.6 Å². The fraction of sp³-hybridized carbons (Fsp3) is 0.421. The van der Waals surface area contributed by atoms with Gasteiger partial charge in [-0.25, -0.2) is 15.0 Å². The zero-order valence-electron chi connectivity index (χ0n) is 14.5. The standard InChI is InChI=1S/C19H25N5O/c1-2-17-18(25)8-7-16(22-17)6-3-4-11-23-12-14-24(15-13-23)19-20-9-5-10-21-19/h2,5,7-10,25H,1,3-4,6,11-15H2. The fourth-order valence-electron chi connectivity index (χ4n) is 3.07. The van der Waals surface area contributed by atoms with Crippen LogP contribution in [0.3, 0.4) is 0 Å². The molecule has 0 aromatic carbocycles. The van der Waals surface area contributed by atoms with Gasteiger partial charge in [-0.2, -0.15) is 0 Å². The Kier molecular flexibility index (Phi) is 5.95. The van der Waals surface area contributed by atoms with Crippen LogP contribution in [0.25, 0.3) is 6.08 Å². The van der Waals surface area contributed by atoms with E-state index in [0.29, 0.717) is 5.69 Å². The quantitative estimate of drug-likeness (QED) is 0.781. The fourth-order valence-corrected chi connectivity index (χ4v) is 3.07. The average Bonchev–Trinajstić information content (AvgIpc) is 2.67. The van der Waals surface area contributed by atoms with Crippen LogP contribution in [0.1, 0.15) is 24.2 Å². The number of rotatable bonds is 7. The highest BCUT2D eigenvalue weighted by Crippen LogP contribution is 2.17. The molecule has 3 heterocycles. The molecule has 2 aromatic rings. The van der Waals surface area contributed by atoms with Crippen molar-refractivity contribution in [3.05, 3.63) is 48.6 Å². The average molecular weight is 339 g/mol. The van der Waals surface area contributed by atoms with Gasteiger partial charge in [0.05, 0.1) is 0 Å². The first kappa shape index (κ1) is 17.4. The Morgan fingerprint density at radius 1 is 1.08 bits per heavy atom. The number of pyridine rings is 1. The van der Waals surface area contributed by atoms with E-state index in [4.69, 9.17) is 0 Å². The molecule has 0 aliphatic carbocycles. The van der Waals surface area contributed by atoms with Crippen LogP contribution >= 0.6 is 0 Å². The molecule has 2 aromatic heterocycles. The lowest BCUT2D eigenvalue weighted by Gasteiger charge is -2.34. The molecule has 1 aliphatic heterocycles. The van der Waals surface area contributed by atoms with Crippen molar-refractivity contribution in [2.45, 2.75) is 19.3 Å². The van der Waals surface area contributed by atoms with Gasteiger partial charge in [0.15, 0.2) is 0 Å². The number of aromatic nitrogens is 3. The topological polar surface area (TPSA) is 65.4 Å². The van der Waals surface area contributed by atoms with Crippen molar-refractivity contribution in [2.24, 2.45) is 0 Å². The molecule has 0 amide bonds. The van der Waals surface area contributed by atoms with E-state index in [-0.39, 0.29) is 5.75 Å². The molecule has 6 nitrogen and oxygen atoms in total. The number of hydrogen-bond donors (Lipinski definition) is 1. The minimum atomic E-state index is 0.194. The van der Waals surface area contributed by atoms with Gasteiger partial charge in [-0.15, -0.1) is 0 Å². The van der Waals surface area contributed by atoms with Crippen LogP contribution in [0.2, 0.25) is 0 Å². The lowest BCUT2D eigenvalue weighted by molar-refractivity contribution is 0.252. The molecule has 0 saturated carbocycles. The Bertz CT molecular complexity index is 683. The molecule has 0 radical (unpaired) electrons. The van der Waals surface area contributed by atoms with Crippen LogP contribution in [0.4, 0.5) is 5.95 Å². The maximum absolute atomic E-state index is 9.63.